The van der Waals surface area contributed by atoms with E-state index in [1.165, 1.54) is 0 Å². The van der Waals surface area contributed by atoms with Gasteiger partial charge in [-0.25, -0.2) is 0 Å². The molecule has 2 rings (SSSR count). The number of Topliss-reactive ketones (excluding diaryl/α,β-unsaturated/α-hetero) is 1. The lowest BCUT2D eigenvalue weighted by molar-refractivity contribution is -0.127. The Bertz CT molecular complexity index is 470. The van der Waals surface area contributed by atoms with Gasteiger partial charge in [0.15, 0.2) is 5.78 Å². The Labute approximate surface area is 118 Å². The average molecular weight is 277 g/mol. The molecule has 0 spiro atoms. The summed E-state index contributed by atoms with van der Waals surface area (Å²) in [7, 11) is 0. The van der Waals surface area contributed by atoms with Gasteiger partial charge < -0.3 is 4.90 Å². The average Bonchev–Trinajstić information content (AvgIpc) is 2.79. The maximum absolute atomic E-state index is 12.1. The van der Waals surface area contributed by atoms with Crippen molar-refractivity contribution in [2.75, 3.05) is 19.3 Å². The van der Waals surface area contributed by atoms with E-state index < -0.39 is 0 Å². The number of ketones is 1. The van der Waals surface area contributed by atoms with Crippen LogP contribution in [0.5, 0.6) is 0 Å². The highest BCUT2D eigenvalue weighted by atomic mass is 32.2. The molecule has 1 unspecified atom stereocenters. The first kappa shape index (κ1) is 14.1. The smallest absolute Gasteiger partial charge is 0.223 e. The summed E-state index contributed by atoms with van der Waals surface area (Å²) < 4.78 is 0. The summed E-state index contributed by atoms with van der Waals surface area (Å²) in [6.07, 6.45) is 3.60. The molecule has 19 heavy (non-hydrogen) atoms. The summed E-state index contributed by atoms with van der Waals surface area (Å²) >= 11 is 1.65. The number of hydrogen-bond acceptors (Lipinski definition) is 3. The van der Waals surface area contributed by atoms with E-state index in [0.717, 1.165) is 17.9 Å². The van der Waals surface area contributed by atoms with E-state index in [1.54, 1.807) is 16.7 Å². The summed E-state index contributed by atoms with van der Waals surface area (Å²) in [4.78, 5) is 26.8. The molecule has 1 saturated heterocycles. The summed E-state index contributed by atoms with van der Waals surface area (Å²) in [5, 5.41) is 0. The molecule has 1 aromatic rings. The number of rotatable bonds is 5. The van der Waals surface area contributed by atoms with Gasteiger partial charge in [0.2, 0.25) is 5.91 Å². The summed E-state index contributed by atoms with van der Waals surface area (Å²) in [5.74, 6) is 0.554. The molecule has 1 amide bonds. The quantitative estimate of drug-likeness (QED) is 0.613. The first-order valence-corrected chi connectivity index (χ1v) is 7.81. The third kappa shape index (κ3) is 3.38. The van der Waals surface area contributed by atoms with Crippen molar-refractivity contribution in [3.05, 3.63) is 29.8 Å². The second-order valence-electron chi connectivity index (χ2n) is 4.90. The zero-order chi connectivity index (χ0) is 13.8. The Morgan fingerprint density at radius 2 is 2.05 bits per heavy atom. The first-order valence-electron chi connectivity index (χ1n) is 6.59. The number of nitrogens with zero attached hydrogens (tertiary/aromatic N) is 1. The van der Waals surface area contributed by atoms with E-state index in [9.17, 15) is 9.59 Å². The second kappa shape index (κ2) is 6.24. The van der Waals surface area contributed by atoms with Gasteiger partial charge in [-0.05, 0) is 24.3 Å². The van der Waals surface area contributed by atoms with Crippen LogP contribution < -0.4 is 0 Å². The van der Waals surface area contributed by atoms with Gasteiger partial charge in [-0.2, -0.15) is 0 Å². The molecule has 3 nitrogen and oxygen atoms in total. The van der Waals surface area contributed by atoms with Crippen molar-refractivity contribution >= 4 is 23.5 Å². The van der Waals surface area contributed by atoms with Gasteiger partial charge in [0.1, 0.15) is 0 Å². The van der Waals surface area contributed by atoms with Gasteiger partial charge in [0, 0.05) is 23.4 Å². The molecule has 1 atom stereocenters. The minimum absolute atomic E-state index is 0.0257. The molecular weight excluding hydrogens is 258 g/mol. The van der Waals surface area contributed by atoms with Gasteiger partial charge in [0.25, 0.3) is 0 Å². The molecule has 0 aromatic heterocycles. The Morgan fingerprint density at radius 3 is 2.58 bits per heavy atom. The van der Waals surface area contributed by atoms with E-state index >= 15 is 0 Å². The fraction of sp³-hybridized carbons (Fsp3) is 0.467. The number of amides is 1. The van der Waals surface area contributed by atoms with Crippen molar-refractivity contribution in [3.8, 4) is 0 Å². The summed E-state index contributed by atoms with van der Waals surface area (Å²) in [5.41, 5.74) is 0.686. The Balaban J connectivity index is 1.98. The van der Waals surface area contributed by atoms with Crippen LogP contribution in [0.1, 0.15) is 30.1 Å². The van der Waals surface area contributed by atoms with Crippen molar-refractivity contribution < 1.29 is 9.59 Å². The van der Waals surface area contributed by atoms with Crippen LogP contribution in [0.25, 0.3) is 0 Å². The van der Waals surface area contributed by atoms with Crippen LogP contribution in [-0.4, -0.2) is 35.9 Å². The van der Waals surface area contributed by atoms with Crippen LogP contribution in [0.15, 0.2) is 29.2 Å². The highest BCUT2D eigenvalue weighted by Gasteiger charge is 2.29. The number of hydrogen-bond donors (Lipinski definition) is 0. The number of benzene rings is 1. The molecule has 0 aliphatic carbocycles. The van der Waals surface area contributed by atoms with Gasteiger partial charge in [-0.3, -0.25) is 9.59 Å². The molecule has 0 N–H and O–H groups in total. The molecule has 0 saturated carbocycles. The van der Waals surface area contributed by atoms with Crippen molar-refractivity contribution in [3.63, 3.8) is 0 Å². The van der Waals surface area contributed by atoms with Crippen LogP contribution in [-0.2, 0) is 4.79 Å². The number of likely N-dealkylation sites (tertiary alicyclic amines) is 1. The van der Waals surface area contributed by atoms with E-state index in [4.69, 9.17) is 0 Å². The van der Waals surface area contributed by atoms with Crippen molar-refractivity contribution in [1.82, 2.24) is 4.90 Å². The lowest BCUT2D eigenvalue weighted by Crippen LogP contribution is -2.31. The van der Waals surface area contributed by atoms with Crippen LogP contribution in [0.3, 0.4) is 0 Å². The highest BCUT2D eigenvalue weighted by molar-refractivity contribution is 7.98. The fourth-order valence-corrected chi connectivity index (χ4v) is 2.73. The van der Waals surface area contributed by atoms with Crippen molar-refractivity contribution in [1.29, 1.82) is 0 Å². The van der Waals surface area contributed by atoms with Gasteiger partial charge in [0.05, 0.1) is 6.54 Å². The Morgan fingerprint density at radius 1 is 1.37 bits per heavy atom. The molecule has 0 radical (unpaired) electrons. The SMILES string of the molecule is CCC1CC(=O)N(CC(=O)c2ccc(SC)cc2)C1. The molecule has 0 bridgehead atoms. The minimum Gasteiger partial charge on any atom is -0.335 e. The molecule has 1 aliphatic rings. The first-order chi connectivity index (χ1) is 9.13. The number of carbonyl (C=O) groups excluding carboxylic acids is 2. The van der Waals surface area contributed by atoms with E-state index in [0.29, 0.717) is 17.9 Å². The molecule has 4 heteroatoms. The normalized spacial score (nSPS) is 18.9. The minimum atomic E-state index is 0.0257. The lowest BCUT2D eigenvalue weighted by Gasteiger charge is -2.15. The lowest BCUT2D eigenvalue weighted by atomic mass is 10.1. The van der Waals surface area contributed by atoms with Crippen molar-refractivity contribution in [2.24, 2.45) is 5.92 Å². The molecule has 1 aliphatic heterocycles. The summed E-state index contributed by atoms with van der Waals surface area (Å²) in [6.45, 7) is 3.03. The van der Waals surface area contributed by atoms with E-state index in [-0.39, 0.29) is 18.2 Å². The van der Waals surface area contributed by atoms with Gasteiger partial charge in [-0.1, -0.05) is 25.5 Å². The predicted molar refractivity (Wildman–Crippen MR) is 77.5 cm³/mol. The molecule has 1 aromatic carbocycles. The topological polar surface area (TPSA) is 37.4 Å². The predicted octanol–water partition coefficient (Wildman–Crippen LogP) is 2.85. The van der Waals surface area contributed by atoms with Gasteiger partial charge in [-0.15, -0.1) is 11.8 Å². The van der Waals surface area contributed by atoms with Crippen LogP contribution >= 0.6 is 11.8 Å². The monoisotopic (exact) mass is 277 g/mol. The highest BCUT2D eigenvalue weighted by Crippen LogP contribution is 2.21. The Hall–Kier alpha value is -1.29. The van der Waals surface area contributed by atoms with Gasteiger partial charge >= 0.3 is 0 Å². The zero-order valence-corrected chi connectivity index (χ0v) is 12.2. The van der Waals surface area contributed by atoms with Crippen molar-refractivity contribution in [2.45, 2.75) is 24.7 Å². The molecule has 1 heterocycles. The number of carbonyl (C=O) groups is 2. The third-order valence-corrected chi connectivity index (χ3v) is 4.36. The Kier molecular flexibility index (Phi) is 4.64. The zero-order valence-electron chi connectivity index (χ0n) is 11.4. The van der Waals surface area contributed by atoms with Crippen LogP contribution in [0.4, 0.5) is 0 Å². The standard InChI is InChI=1S/C15H19NO2S/c1-3-11-8-15(18)16(9-11)10-14(17)12-4-6-13(19-2)7-5-12/h4-7,11H,3,8-10H2,1-2H3. The molecular formula is C15H19NO2S. The maximum atomic E-state index is 12.1. The van der Waals surface area contributed by atoms with E-state index in [1.807, 2.05) is 30.5 Å². The number of thioether (sulfide) groups is 1. The molecule has 1 fully saturated rings. The maximum Gasteiger partial charge on any atom is 0.223 e. The fourth-order valence-electron chi connectivity index (χ4n) is 2.32. The molecule has 102 valence electrons. The largest absolute Gasteiger partial charge is 0.335 e. The van der Waals surface area contributed by atoms with E-state index in [2.05, 4.69) is 6.92 Å². The third-order valence-electron chi connectivity index (χ3n) is 3.62. The van der Waals surface area contributed by atoms with Crippen LogP contribution in [0, 0.1) is 5.92 Å². The van der Waals surface area contributed by atoms with Crippen LogP contribution in [0.2, 0.25) is 0 Å². The second-order valence-corrected chi connectivity index (χ2v) is 5.78. The summed E-state index contributed by atoms with van der Waals surface area (Å²) in [6, 6.07) is 7.56.